The molecular formula is C12H16N2O3S. The topological polar surface area (TPSA) is 89.3 Å². The van der Waals surface area contributed by atoms with Gasteiger partial charge < -0.3 is 11.1 Å². The standard InChI is InChI=1S/C12H16N2O3S/c13-11-4-2-1-3-9(11)7-14-12(15)10-5-6-18(16,17)8-10/h1-4,10H,5-8,13H2,(H,14,15). The fraction of sp³-hybridized carbons (Fsp3) is 0.417. The lowest BCUT2D eigenvalue weighted by Gasteiger charge is -2.10. The van der Waals surface area contributed by atoms with E-state index in [0.29, 0.717) is 18.7 Å². The summed E-state index contributed by atoms with van der Waals surface area (Å²) < 4.78 is 22.5. The highest BCUT2D eigenvalue weighted by Crippen LogP contribution is 2.18. The van der Waals surface area contributed by atoms with E-state index in [1.165, 1.54) is 0 Å². The van der Waals surface area contributed by atoms with Crippen molar-refractivity contribution < 1.29 is 13.2 Å². The second-order valence-corrected chi connectivity index (χ2v) is 6.75. The second kappa shape index (κ2) is 4.97. The Balaban J connectivity index is 1.92. The van der Waals surface area contributed by atoms with E-state index in [4.69, 9.17) is 5.73 Å². The average Bonchev–Trinajstić information content (AvgIpc) is 2.68. The highest BCUT2D eigenvalue weighted by Gasteiger charge is 2.32. The number of carbonyl (C=O) groups is 1. The summed E-state index contributed by atoms with van der Waals surface area (Å²) in [6, 6.07) is 7.27. The number of nitrogen functional groups attached to an aromatic ring is 1. The minimum absolute atomic E-state index is 0.0386. The Morgan fingerprint density at radius 3 is 2.72 bits per heavy atom. The normalized spacial score (nSPS) is 21.7. The molecule has 1 aromatic carbocycles. The molecule has 0 aromatic heterocycles. The van der Waals surface area contributed by atoms with Gasteiger partial charge in [-0.3, -0.25) is 4.79 Å². The van der Waals surface area contributed by atoms with Crippen LogP contribution >= 0.6 is 0 Å². The van der Waals surface area contributed by atoms with E-state index in [2.05, 4.69) is 5.32 Å². The van der Waals surface area contributed by atoms with Crippen LogP contribution in [-0.2, 0) is 21.2 Å². The van der Waals surface area contributed by atoms with Crippen molar-refractivity contribution >= 4 is 21.4 Å². The summed E-state index contributed by atoms with van der Waals surface area (Å²) in [4.78, 5) is 11.8. The van der Waals surface area contributed by atoms with Crippen molar-refractivity contribution in [3.8, 4) is 0 Å². The molecule has 5 nitrogen and oxygen atoms in total. The number of nitrogens with one attached hydrogen (secondary N) is 1. The number of nitrogens with two attached hydrogens (primary N) is 1. The van der Waals surface area contributed by atoms with Crippen LogP contribution in [0.4, 0.5) is 5.69 Å². The highest BCUT2D eigenvalue weighted by molar-refractivity contribution is 7.91. The summed E-state index contributed by atoms with van der Waals surface area (Å²) in [5, 5.41) is 2.74. The van der Waals surface area contributed by atoms with Gasteiger partial charge in [0.05, 0.1) is 17.4 Å². The molecule has 0 aliphatic carbocycles. The molecule has 6 heteroatoms. The van der Waals surface area contributed by atoms with Crippen molar-refractivity contribution in [2.45, 2.75) is 13.0 Å². The van der Waals surface area contributed by atoms with Crippen LogP contribution in [0.3, 0.4) is 0 Å². The maximum absolute atomic E-state index is 11.8. The van der Waals surface area contributed by atoms with Crippen molar-refractivity contribution in [2.75, 3.05) is 17.2 Å². The highest BCUT2D eigenvalue weighted by atomic mass is 32.2. The van der Waals surface area contributed by atoms with Gasteiger partial charge in [0.2, 0.25) is 5.91 Å². The number of sulfone groups is 1. The number of para-hydroxylation sites is 1. The molecule has 2 rings (SSSR count). The molecule has 3 N–H and O–H groups in total. The number of rotatable bonds is 3. The van der Waals surface area contributed by atoms with Crippen LogP contribution in [0.5, 0.6) is 0 Å². The van der Waals surface area contributed by atoms with Gasteiger partial charge in [0.15, 0.2) is 9.84 Å². The summed E-state index contributed by atoms with van der Waals surface area (Å²) in [5.74, 6) is -0.555. The predicted octanol–water partition coefficient (Wildman–Crippen LogP) is 0.320. The second-order valence-electron chi connectivity index (χ2n) is 4.52. The maximum atomic E-state index is 11.8. The van der Waals surface area contributed by atoms with Crippen LogP contribution in [-0.4, -0.2) is 25.8 Å². The first-order valence-electron chi connectivity index (χ1n) is 5.79. The molecule has 1 aliphatic rings. The van der Waals surface area contributed by atoms with Crippen molar-refractivity contribution in [1.29, 1.82) is 0 Å². The van der Waals surface area contributed by atoms with E-state index < -0.39 is 15.8 Å². The molecule has 0 radical (unpaired) electrons. The van der Waals surface area contributed by atoms with Crippen LogP contribution < -0.4 is 11.1 Å². The summed E-state index contributed by atoms with van der Waals surface area (Å²) in [6.45, 7) is 0.335. The number of carbonyl (C=O) groups excluding carboxylic acids is 1. The van der Waals surface area contributed by atoms with Gasteiger partial charge in [-0.15, -0.1) is 0 Å². The summed E-state index contributed by atoms with van der Waals surface area (Å²) in [5.41, 5.74) is 7.22. The first-order valence-corrected chi connectivity index (χ1v) is 7.61. The van der Waals surface area contributed by atoms with E-state index in [1.807, 2.05) is 18.2 Å². The Hall–Kier alpha value is -1.56. The summed E-state index contributed by atoms with van der Waals surface area (Å²) >= 11 is 0. The van der Waals surface area contributed by atoms with Gasteiger partial charge in [0.1, 0.15) is 0 Å². The first-order chi connectivity index (χ1) is 8.48. The van der Waals surface area contributed by atoms with E-state index in [9.17, 15) is 13.2 Å². The van der Waals surface area contributed by atoms with Gasteiger partial charge in [0, 0.05) is 12.2 Å². The largest absolute Gasteiger partial charge is 0.398 e. The van der Waals surface area contributed by atoms with Crippen LogP contribution in [0.15, 0.2) is 24.3 Å². The monoisotopic (exact) mass is 268 g/mol. The quantitative estimate of drug-likeness (QED) is 0.773. The Labute approximate surface area is 106 Å². The third-order valence-corrected chi connectivity index (χ3v) is 4.88. The molecular weight excluding hydrogens is 252 g/mol. The Bertz CT molecular complexity index is 554. The van der Waals surface area contributed by atoms with Crippen LogP contribution in [0, 0.1) is 5.92 Å². The van der Waals surface area contributed by atoms with Gasteiger partial charge in [-0.1, -0.05) is 18.2 Å². The van der Waals surface area contributed by atoms with Gasteiger partial charge >= 0.3 is 0 Å². The van der Waals surface area contributed by atoms with E-state index in [1.54, 1.807) is 6.07 Å². The van der Waals surface area contributed by atoms with Gasteiger partial charge in [-0.05, 0) is 18.1 Å². The fourth-order valence-corrected chi connectivity index (χ4v) is 3.77. The van der Waals surface area contributed by atoms with E-state index in [0.717, 1.165) is 5.56 Å². The lowest BCUT2D eigenvalue weighted by molar-refractivity contribution is -0.124. The number of hydrogen-bond donors (Lipinski definition) is 2. The molecule has 0 spiro atoms. The zero-order valence-corrected chi connectivity index (χ0v) is 10.7. The van der Waals surface area contributed by atoms with Crippen LogP contribution in [0.2, 0.25) is 0 Å². The van der Waals surface area contributed by atoms with Gasteiger partial charge in [-0.2, -0.15) is 0 Å². The summed E-state index contributed by atoms with van der Waals surface area (Å²) in [6.07, 6.45) is 0.415. The Morgan fingerprint density at radius 2 is 2.11 bits per heavy atom. The molecule has 1 amide bonds. The molecule has 1 heterocycles. The van der Waals surface area contributed by atoms with Crippen molar-refractivity contribution in [1.82, 2.24) is 5.32 Å². The minimum Gasteiger partial charge on any atom is -0.398 e. The smallest absolute Gasteiger partial charge is 0.224 e. The molecule has 1 aromatic rings. The predicted molar refractivity (Wildman–Crippen MR) is 69.5 cm³/mol. The van der Waals surface area contributed by atoms with E-state index in [-0.39, 0.29) is 17.4 Å². The minimum atomic E-state index is -3.02. The molecule has 1 atom stereocenters. The van der Waals surface area contributed by atoms with Crippen LogP contribution in [0.25, 0.3) is 0 Å². The third-order valence-electron chi connectivity index (χ3n) is 3.11. The molecule has 0 bridgehead atoms. The van der Waals surface area contributed by atoms with Crippen molar-refractivity contribution in [3.05, 3.63) is 29.8 Å². The average molecular weight is 268 g/mol. The number of benzene rings is 1. The first kappa shape index (κ1) is 12.9. The molecule has 1 saturated heterocycles. The van der Waals surface area contributed by atoms with Crippen LogP contribution in [0.1, 0.15) is 12.0 Å². The van der Waals surface area contributed by atoms with Gasteiger partial charge in [0.25, 0.3) is 0 Å². The maximum Gasteiger partial charge on any atom is 0.224 e. The third kappa shape index (κ3) is 3.01. The number of anilines is 1. The number of amides is 1. The summed E-state index contributed by atoms with van der Waals surface area (Å²) in [7, 11) is -3.02. The van der Waals surface area contributed by atoms with E-state index >= 15 is 0 Å². The molecule has 1 unspecified atom stereocenters. The SMILES string of the molecule is Nc1ccccc1CNC(=O)C1CCS(=O)(=O)C1. The Kier molecular flexibility index (Phi) is 3.56. The lowest BCUT2D eigenvalue weighted by atomic mass is 10.1. The molecule has 1 fully saturated rings. The molecule has 1 aliphatic heterocycles. The zero-order valence-electron chi connectivity index (χ0n) is 9.93. The zero-order chi connectivity index (χ0) is 13.2. The van der Waals surface area contributed by atoms with Crippen molar-refractivity contribution in [3.63, 3.8) is 0 Å². The van der Waals surface area contributed by atoms with Gasteiger partial charge in [-0.25, -0.2) is 8.42 Å². The fourth-order valence-electron chi connectivity index (χ4n) is 2.02. The lowest BCUT2D eigenvalue weighted by Crippen LogP contribution is -2.31. The molecule has 18 heavy (non-hydrogen) atoms. The Morgan fingerprint density at radius 1 is 1.39 bits per heavy atom. The molecule has 98 valence electrons. The number of hydrogen-bond acceptors (Lipinski definition) is 4. The molecule has 0 saturated carbocycles. The van der Waals surface area contributed by atoms with Crippen molar-refractivity contribution in [2.24, 2.45) is 5.92 Å².